The van der Waals surface area contributed by atoms with E-state index >= 15 is 0 Å². The zero-order valence-corrected chi connectivity index (χ0v) is 17.7. The van der Waals surface area contributed by atoms with Crippen molar-refractivity contribution in [3.05, 3.63) is 64.7 Å². The Hall–Kier alpha value is -3.20. The van der Waals surface area contributed by atoms with Crippen LogP contribution >= 0.6 is 11.8 Å². The van der Waals surface area contributed by atoms with Gasteiger partial charge in [0.05, 0.1) is 29.5 Å². The third-order valence-corrected chi connectivity index (χ3v) is 5.67. The molecule has 0 aliphatic carbocycles. The van der Waals surface area contributed by atoms with E-state index in [9.17, 15) is 4.79 Å². The van der Waals surface area contributed by atoms with Crippen LogP contribution in [0, 0.1) is 0 Å². The number of unbranched alkanes of at least 4 members (excludes halogenated alkanes) is 1. The van der Waals surface area contributed by atoms with E-state index in [4.69, 9.17) is 9.72 Å². The van der Waals surface area contributed by atoms with Gasteiger partial charge in [-0.25, -0.2) is 9.67 Å². The summed E-state index contributed by atoms with van der Waals surface area (Å²) in [5.74, 6) is 1.85. The first-order chi connectivity index (χ1) is 14.7. The number of ether oxygens (including phenoxy) is 1. The van der Waals surface area contributed by atoms with Crippen molar-refractivity contribution in [2.24, 2.45) is 0 Å². The lowest BCUT2D eigenvalue weighted by atomic mass is 10.2. The number of aryl methyl sites for hydroxylation is 1. The third-order valence-electron chi connectivity index (χ3n) is 4.73. The highest BCUT2D eigenvalue weighted by atomic mass is 32.2. The number of thioether (sulfide) groups is 1. The molecule has 0 aliphatic heterocycles. The molecule has 0 atom stereocenters. The van der Waals surface area contributed by atoms with E-state index in [2.05, 4.69) is 22.4 Å². The van der Waals surface area contributed by atoms with E-state index < -0.39 is 0 Å². The number of aromatic nitrogens is 6. The van der Waals surface area contributed by atoms with Crippen LogP contribution in [0.25, 0.3) is 16.6 Å². The van der Waals surface area contributed by atoms with Gasteiger partial charge < -0.3 is 4.74 Å². The number of tetrazole rings is 1. The minimum Gasteiger partial charge on any atom is -0.495 e. The quantitative estimate of drug-likeness (QED) is 0.317. The molecule has 0 bridgehead atoms. The summed E-state index contributed by atoms with van der Waals surface area (Å²) in [6.07, 6.45) is 2.06. The van der Waals surface area contributed by atoms with Gasteiger partial charge in [-0.1, -0.05) is 49.4 Å². The topological polar surface area (TPSA) is 87.7 Å². The highest BCUT2D eigenvalue weighted by Gasteiger charge is 2.17. The molecule has 0 saturated heterocycles. The molecule has 0 fully saturated rings. The number of hydrogen-bond donors (Lipinski definition) is 0. The molecular formula is C21H22N6O2S. The van der Waals surface area contributed by atoms with Crippen LogP contribution in [0.3, 0.4) is 0 Å². The van der Waals surface area contributed by atoms with Gasteiger partial charge >= 0.3 is 0 Å². The standard InChI is InChI=1S/C21H22N6O2S/c1-3-4-13-26-19(23-24-25-26)14-30-21-22-16-10-6-5-9-15(16)20(28)27(21)17-11-7-8-12-18(17)29-2/h5-12H,3-4,13-14H2,1-2H3. The summed E-state index contributed by atoms with van der Waals surface area (Å²) in [7, 11) is 1.59. The molecule has 0 amide bonds. The zero-order chi connectivity index (χ0) is 20.9. The molecule has 0 unspecified atom stereocenters. The molecule has 4 aromatic rings. The minimum atomic E-state index is -0.141. The van der Waals surface area contributed by atoms with Gasteiger partial charge in [0.1, 0.15) is 5.75 Å². The maximum Gasteiger partial charge on any atom is 0.266 e. The molecule has 2 heterocycles. The maximum absolute atomic E-state index is 13.4. The number of methoxy groups -OCH3 is 1. The summed E-state index contributed by atoms with van der Waals surface area (Å²) >= 11 is 1.43. The van der Waals surface area contributed by atoms with E-state index in [1.54, 1.807) is 17.7 Å². The normalized spacial score (nSPS) is 11.1. The molecule has 0 N–H and O–H groups in total. The van der Waals surface area contributed by atoms with Crippen molar-refractivity contribution in [2.45, 2.75) is 37.2 Å². The second-order valence-corrected chi connectivity index (χ2v) is 7.63. The van der Waals surface area contributed by atoms with Crippen molar-refractivity contribution in [1.82, 2.24) is 29.8 Å². The third kappa shape index (κ3) is 3.93. The first-order valence-electron chi connectivity index (χ1n) is 9.76. The largest absolute Gasteiger partial charge is 0.495 e. The first-order valence-corrected chi connectivity index (χ1v) is 10.7. The Balaban J connectivity index is 1.79. The predicted molar refractivity (Wildman–Crippen MR) is 116 cm³/mol. The summed E-state index contributed by atoms with van der Waals surface area (Å²) in [5.41, 5.74) is 1.16. The van der Waals surface area contributed by atoms with Crippen molar-refractivity contribution in [3.8, 4) is 11.4 Å². The Kier molecular flexibility index (Phi) is 6.08. The minimum absolute atomic E-state index is 0.141. The van der Waals surface area contributed by atoms with E-state index in [1.165, 1.54) is 11.8 Å². The smallest absolute Gasteiger partial charge is 0.266 e. The molecule has 30 heavy (non-hydrogen) atoms. The van der Waals surface area contributed by atoms with Gasteiger partial charge in [0.2, 0.25) is 0 Å². The molecule has 4 rings (SSSR count). The van der Waals surface area contributed by atoms with E-state index in [1.807, 2.05) is 47.1 Å². The molecular weight excluding hydrogens is 400 g/mol. The number of rotatable bonds is 8. The second kappa shape index (κ2) is 9.08. The average Bonchev–Trinajstić information content (AvgIpc) is 3.23. The van der Waals surface area contributed by atoms with Crippen LogP contribution in [0.15, 0.2) is 58.5 Å². The Morgan fingerprint density at radius 3 is 2.73 bits per heavy atom. The van der Waals surface area contributed by atoms with Gasteiger partial charge in [-0.3, -0.25) is 9.36 Å². The van der Waals surface area contributed by atoms with E-state index in [-0.39, 0.29) is 5.56 Å². The number of benzene rings is 2. The van der Waals surface area contributed by atoms with Crippen molar-refractivity contribution in [1.29, 1.82) is 0 Å². The van der Waals surface area contributed by atoms with Gasteiger partial charge in [0.15, 0.2) is 11.0 Å². The summed E-state index contributed by atoms with van der Waals surface area (Å²) in [6.45, 7) is 2.90. The Labute approximate surface area is 177 Å². The number of fused-ring (bicyclic) bond motifs is 1. The molecule has 2 aromatic carbocycles. The summed E-state index contributed by atoms with van der Waals surface area (Å²) in [6, 6.07) is 14.8. The maximum atomic E-state index is 13.4. The Morgan fingerprint density at radius 2 is 1.90 bits per heavy atom. The predicted octanol–water partition coefficient (Wildman–Crippen LogP) is 3.47. The van der Waals surface area contributed by atoms with Crippen molar-refractivity contribution in [3.63, 3.8) is 0 Å². The molecule has 0 spiro atoms. The fraction of sp³-hybridized carbons (Fsp3) is 0.286. The Bertz CT molecular complexity index is 1220. The summed E-state index contributed by atoms with van der Waals surface area (Å²) in [4.78, 5) is 18.2. The number of hydrogen-bond acceptors (Lipinski definition) is 7. The van der Waals surface area contributed by atoms with E-state index in [0.717, 1.165) is 25.2 Å². The summed E-state index contributed by atoms with van der Waals surface area (Å²) in [5, 5.41) is 13.1. The van der Waals surface area contributed by atoms with Gasteiger partial charge in [-0.15, -0.1) is 5.10 Å². The van der Waals surface area contributed by atoms with Gasteiger partial charge in [-0.2, -0.15) is 0 Å². The zero-order valence-electron chi connectivity index (χ0n) is 16.9. The SMILES string of the molecule is CCCCn1nnnc1CSc1nc2ccccc2c(=O)n1-c1ccccc1OC. The molecule has 9 heteroatoms. The Morgan fingerprint density at radius 1 is 1.10 bits per heavy atom. The van der Waals surface area contributed by atoms with Crippen LogP contribution in [-0.4, -0.2) is 36.9 Å². The molecule has 0 aliphatic rings. The first kappa shape index (κ1) is 20.1. The molecule has 154 valence electrons. The second-order valence-electron chi connectivity index (χ2n) is 6.68. The van der Waals surface area contributed by atoms with E-state index in [0.29, 0.717) is 33.2 Å². The number of para-hydroxylation sites is 3. The van der Waals surface area contributed by atoms with Gasteiger partial charge in [-0.05, 0) is 41.1 Å². The average molecular weight is 423 g/mol. The lowest BCUT2D eigenvalue weighted by Gasteiger charge is -2.15. The van der Waals surface area contributed by atoms with Crippen LogP contribution in [0.5, 0.6) is 5.75 Å². The molecule has 0 saturated carbocycles. The van der Waals surface area contributed by atoms with Crippen LogP contribution in [0.4, 0.5) is 0 Å². The van der Waals surface area contributed by atoms with Crippen molar-refractivity contribution in [2.75, 3.05) is 7.11 Å². The lowest BCUT2D eigenvalue weighted by molar-refractivity contribution is 0.411. The fourth-order valence-electron chi connectivity index (χ4n) is 3.17. The highest BCUT2D eigenvalue weighted by Crippen LogP contribution is 2.28. The van der Waals surface area contributed by atoms with Crippen LogP contribution in [-0.2, 0) is 12.3 Å². The van der Waals surface area contributed by atoms with Crippen LogP contribution in [0.2, 0.25) is 0 Å². The van der Waals surface area contributed by atoms with Crippen LogP contribution < -0.4 is 10.3 Å². The van der Waals surface area contributed by atoms with Gasteiger partial charge in [0, 0.05) is 6.54 Å². The molecule has 2 aromatic heterocycles. The fourth-order valence-corrected chi connectivity index (χ4v) is 4.11. The van der Waals surface area contributed by atoms with Crippen LogP contribution in [0.1, 0.15) is 25.6 Å². The molecule has 8 nitrogen and oxygen atoms in total. The van der Waals surface area contributed by atoms with Gasteiger partial charge in [0.25, 0.3) is 5.56 Å². The lowest BCUT2D eigenvalue weighted by Crippen LogP contribution is -2.22. The highest BCUT2D eigenvalue weighted by molar-refractivity contribution is 7.98. The monoisotopic (exact) mass is 422 g/mol. The van der Waals surface area contributed by atoms with Crippen molar-refractivity contribution < 1.29 is 4.74 Å². The van der Waals surface area contributed by atoms with Crippen molar-refractivity contribution >= 4 is 22.7 Å². The number of nitrogens with zero attached hydrogens (tertiary/aromatic N) is 6. The summed E-state index contributed by atoms with van der Waals surface area (Å²) < 4.78 is 8.91. The molecule has 0 radical (unpaired) electrons.